The number of nitrogens with one attached hydrogen (secondary N) is 2. The Hall–Kier alpha value is -1.30. The molecule has 0 saturated carbocycles. The molecular weight excluding hydrogens is 280 g/mol. The molecule has 0 fully saturated rings. The molecule has 0 aromatic heterocycles. The second kappa shape index (κ2) is 8.79. The van der Waals surface area contributed by atoms with Gasteiger partial charge in [-0.2, -0.15) is 0 Å². The van der Waals surface area contributed by atoms with Gasteiger partial charge in [-0.05, 0) is 31.0 Å². The summed E-state index contributed by atoms with van der Waals surface area (Å²) in [5.41, 5.74) is 0.710. The van der Waals surface area contributed by atoms with Crippen LogP contribution in [0.15, 0.2) is 24.3 Å². The fourth-order valence-electron chi connectivity index (χ4n) is 1.63. The number of halogens is 1. The van der Waals surface area contributed by atoms with Crippen LogP contribution >= 0.6 is 11.6 Å². The van der Waals surface area contributed by atoms with E-state index in [1.54, 1.807) is 31.4 Å². The lowest BCUT2D eigenvalue weighted by Crippen LogP contribution is -2.42. The summed E-state index contributed by atoms with van der Waals surface area (Å²) in [6.07, 6.45) is -0.0174. The molecule has 2 atom stereocenters. The number of amides is 2. The van der Waals surface area contributed by atoms with E-state index in [0.717, 1.165) is 6.42 Å². The van der Waals surface area contributed by atoms with E-state index >= 15 is 0 Å². The molecule has 0 aliphatic rings. The zero-order valence-corrected chi connectivity index (χ0v) is 12.5. The first-order valence-corrected chi connectivity index (χ1v) is 6.87. The molecule has 2 amide bonds. The number of benzene rings is 1. The van der Waals surface area contributed by atoms with Crippen LogP contribution in [-0.2, 0) is 4.74 Å². The molecule has 0 saturated heterocycles. The van der Waals surface area contributed by atoms with Crippen molar-refractivity contribution in [3.8, 4) is 0 Å². The molecule has 6 heteroatoms. The van der Waals surface area contributed by atoms with Crippen LogP contribution in [0.4, 0.5) is 4.79 Å². The molecule has 112 valence electrons. The largest absolute Gasteiger partial charge is 0.387 e. The Labute approximate surface area is 124 Å². The molecule has 0 spiro atoms. The molecule has 0 aliphatic heterocycles. The highest BCUT2D eigenvalue weighted by Crippen LogP contribution is 2.15. The van der Waals surface area contributed by atoms with Crippen LogP contribution in [-0.4, -0.2) is 37.4 Å². The minimum absolute atomic E-state index is 0.0163. The Morgan fingerprint density at radius 3 is 2.65 bits per heavy atom. The highest BCUT2D eigenvalue weighted by molar-refractivity contribution is 6.30. The van der Waals surface area contributed by atoms with Gasteiger partial charge < -0.3 is 20.5 Å². The van der Waals surface area contributed by atoms with Gasteiger partial charge in [-0.25, -0.2) is 4.79 Å². The maximum Gasteiger partial charge on any atom is 0.315 e. The van der Waals surface area contributed by atoms with Crippen molar-refractivity contribution in [2.45, 2.75) is 25.5 Å². The van der Waals surface area contributed by atoms with E-state index in [9.17, 15) is 9.90 Å². The van der Waals surface area contributed by atoms with E-state index in [4.69, 9.17) is 16.3 Å². The van der Waals surface area contributed by atoms with Gasteiger partial charge in [0.1, 0.15) is 0 Å². The van der Waals surface area contributed by atoms with Gasteiger partial charge in [0.2, 0.25) is 0 Å². The van der Waals surface area contributed by atoms with Crippen LogP contribution in [0.5, 0.6) is 0 Å². The first-order valence-electron chi connectivity index (χ1n) is 6.49. The van der Waals surface area contributed by atoms with Crippen molar-refractivity contribution >= 4 is 17.6 Å². The van der Waals surface area contributed by atoms with Crippen molar-refractivity contribution in [1.82, 2.24) is 10.6 Å². The van der Waals surface area contributed by atoms with Gasteiger partial charge in [-0.15, -0.1) is 0 Å². The van der Waals surface area contributed by atoms with Gasteiger partial charge in [0.05, 0.1) is 6.10 Å². The highest BCUT2D eigenvalue weighted by Gasteiger charge is 2.11. The molecule has 0 radical (unpaired) electrons. The second-order valence-corrected chi connectivity index (χ2v) is 5.04. The average Bonchev–Trinajstić information content (AvgIpc) is 2.43. The molecule has 2 unspecified atom stereocenters. The topological polar surface area (TPSA) is 70.6 Å². The van der Waals surface area contributed by atoms with Crippen molar-refractivity contribution in [3.05, 3.63) is 34.9 Å². The maximum absolute atomic E-state index is 11.6. The highest BCUT2D eigenvalue weighted by atomic mass is 35.5. The number of aliphatic hydroxyl groups excluding tert-OH is 1. The molecule has 5 nitrogen and oxygen atoms in total. The van der Waals surface area contributed by atoms with Crippen LogP contribution in [0.3, 0.4) is 0 Å². The zero-order valence-electron chi connectivity index (χ0n) is 11.7. The average molecular weight is 301 g/mol. The quantitative estimate of drug-likeness (QED) is 0.722. The van der Waals surface area contributed by atoms with Crippen LogP contribution in [0.2, 0.25) is 5.02 Å². The lowest BCUT2D eigenvalue weighted by molar-refractivity contribution is 0.169. The minimum Gasteiger partial charge on any atom is -0.387 e. The summed E-state index contributed by atoms with van der Waals surface area (Å²) in [4.78, 5) is 11.6. The van der Waals surface area contributed by atoms with Crippen LogP contribution in [0.25, 0.3) is 0 Å². The third-order valence-electron chi connectivity index (χ3n) is 2.84. The number of hydrogen-bond donors (Lipinski definition) is 3. The Kier molecular flexibility index (Phi) is 7.36. The normalized spacial score (nSPS) is 13.6. The van der Waals surface area contributed by atoms with E-state index in [-0.39, 0.29) is 18.6 Å². The summed E-state index contributed by atoms with van der Waals surface area (Å²) in [7, 11) is 1.62. The molecule has 3 N–H and O–H groups in total. The van der Waals surface area contributed by atoms with Crippen LogP contribution in [0.1, 0.15) is 25.0 Å². The van der Waals surface area contributed by atoms with Crippen LogP contribution < -0.4 is 10.6 Å². The molecular formula is C14H21ClN2O3. The van der Waals surface area contributed by atoms with Crippen molar-refractivity contribution in [1.29, 1.82) is 0 Å². The zero-order chi connectivity index (χ0) is 15.0. The Balaban J connectivity index is 2.31. The summed E-state index contributed by atoms with van der Waals surface area (Å²) in [5.74, 6) is 0. The first-order chi connectivity index (χ1) is 9.52. The molecule has 1 aromatic rings. The molecule has 0 bridgehead atoms. The van der Waals surface area contributed by atoms with Gasteiger partial charge in [-0.1, -0.05) is 23.7 Å². The van der Waals surface area contributed by atoms with E-state index in [1.807, 2.05) is 6.92 Å². The van der Waals surface area contributed by atoms with Gasteiger partial charge >= 0.3 is 6.03 Å². The number of hydrogen-bond acceptors (Lipinski definition) is 3. The van der Waals surface area contributed by atoms with Crippen molar-refractivity contribution in [2.24, 2.45) is 0 Å². The summed E-state index contributed by atoms with van der Waals surface area (Å²) in [5, 5.41) is 15.9. The molecule has 0 heterocycles. The van der Waals surface area contributed by atoms with Crippen molar-refractivity contribution < 1.29 is 14.6 Å². The van der Waals surface area contributed by atoms with Gasteiger partial charge in [0.15, 0.2) is 0 Å². The van der Waals surface area contributed by atoms with Crippen LogP contribution in [0, 0.1) is 0 Å². The number of carbonyl (C=O) groups excluding carboxylic acids is 1. The minimum atomic E-state index is -0.757. The molecule has 20 heavy (non-hydrogen) atoms. The lowest BCUT2D eigenvalue weighted by atomic mass is 10.1. The molecule has 1 aromatic carbocycles. The smallest absolute Gasteiger partial charge is 0.315 e. The number of aliphatic hydroxyl groups is 1. The fraction of sp³-hybridized carbons (Fsp3) is 0.500. The van der Waals surface area contributed by atoms with E-state index < -0.39 is 6.10 Å². The number of methoxy groups -OCH3 is 1. The summed E-state index contributed by atoms with van der Waals surface area (Å²) in [6.45, 7) is 2.63. The Morgan fingerprint density at radius 2 is 2.05 bits per heavy atom. The first kappa shape index (κ1) is 16.8. The second-order valence-electron chi connectivity index (χ2n) is 4.60. The fourth-order valence-corrected chi connectivity index (χ4v) is 1.76. The molecule has 1 rings (SSSR count). The van der Waals surface area contributed by atoms with E-state index in [0.29, 0.717) is 17.2 Å². The standard InChI is InChI=1S/C14H21ClN2O3/c1-10(7-8-20-2)17-14(19)16-9-13(18)11-3-5-12(15)6-4-11/h3-6,10,13,18H,7-9H2,1-2H3,(H2,16,17,19). The maximum atomic E-state index is 11.6. The predicted molar refractivity (Wildman–Crippen MR) is 78.9 cm³/mol. The van der Waals surface area contributed by atoms with Crippen molar-refractivity contribution in [2.75, 3.05) is 20.3 Å². The third kappa shape index (κ3) is 6.23. The van der Waals surface area contributed by atoms with E-state index in [1.165, 1.54) is 0 Å². The molecule has 0 aliphatic carbocycles. The number of urea groups is 1. The summed E-state index contributed by atoms with van der Waals surface area (Å²) in [6, 6.07) is 6.57. The SMILES string of the molecule is COCCC(C)NC(=O)NCC(O)c1ccc(Cl)cc1. The predicted octanol–water partition coefficient (Wildman–Crippen LogP) is 2.10. The summed E-state index contributed by atoms with van der Waals surface area (Å²) >= 11 is 5.77. The summed E-state index contributed by atoms with van der Waals surface area (Å²) < 4.78 is 4.94. The Morgan fingerprint density at radius 1 is 1.40 bits per heavy atom. The third-order valence-corrected chi connectivity index (χ3v) is 3.10. The van der Waals surface area contributed by atoms with Gasteiger partial charge in [0.25, 0.3) is 0 Å². The van der Waals surface area contributed by atoms with Gasteiger partial charge in [0, 0.05) is 31.3 Å². The van der Waals surface area contributed by atoms with Gasteiger partial charge in [-0.3, -0.25) is 0 Å². The van der Waals surface area contributed by atoms with Crippen molar-refractivity contribution in [3.63, 3.8) is 0 Å². The number of ether oxygens (including phenoxy) is 1. The van der Waals surface area contributed by atoms with E-state index in [2.05, 4.69) is 10.6 Å². The Bertz CT molecular complexity index is 411. The lowest BCUT2D eigenvalue weighted by Gasteiger charge is -2.16. The number of rotatable bonds is 7. The monoisotopic (exact) mass is 300 g/mol. The number of carbonyl (C=O) groups is 1.